The van der Waals surface area contributed by atoms with Crippen LogP contribution in [0.4, 0.5) is 11.8 Å². The van der Waals surface area contributed by atoms with Gasteiger partial charge < -0.3 is 11.1 Å². The lowest BCUT2D eigenvalue weighted by Gasteiger charge is -2.05. The van der Waals surface area contributed by atoms with Crippen LogP contribution in [0.25, 0.3) is 10.9 Å². The van der Waals surface area contributed by atoms with Gasteiger partial charge in [-0.25, -0.2) is 4.98 Å². The van der Waals surface area contributed by atoms with Crippen molar-refractivity contribution >= 4 is 34.3 Å². The van der Waals surface area contributed by atoms with Crippen LogP contribution in [0.2, 0.25) is 5.02 Å². The Hall–Kier alpha value is -1.55. The van der Waals surface area contributed by atoms with Gasteiger partial charge in [-0.2, -0.15) is 4.98 Å². The van der Waals surface area contributed by atoms with Crippen molar-refractivity contribution in [3.8, 4) is 0 Å². The van der Waals surface area contributed by atoms with E-state index < -0.39 is 0 Å². The first kappa shape index (κ1) is 9.02. The van der Waals surface area contributed by atoms with Crippen LogP contribution in [-0.2, 0) is 0 Å². The van der Waals surface area contributed by atoms with Crippen molar-refractivity contribution in [3.63, 3.8) is 0 Å². The number of hydrogen-bond donors (Lipinski definition) is 2. The number of nitrogens with one attached hydrogen (secondary N) is 1. The van der Waals surface area contributed by atoms with E-state index in [9.17, 15) is 0 Å². The van der Waals surface area contributed by atoms with Gasteiger partial charge in [-0.05, 0) is 18.2 Å². The van der Waals surface area contributed by atoms with Crippen LogP contribution in [0.5, 0.6) is 0 Å². The summed E-state index contributed by atoms with van der Waals surface area (Å²) in [5, 5.41) is 4.47. The minimum atomic E-state index is 0.254. The molecule has 0 radical (unpaired) electrons. The van der Waals surface area contributed by atoms with Crippen molar-refractivity contribution in [2.45, 2.75) is 0 Å². The summed E-state index contributed by atoms with van der Waals surface area (Å²) < 4.78 is 0. The van der Waals surface area contributed by atoms with Crippen LogP contribution in [0.15, 0.2) is 18.2 Å². The van der Waals surface area contributed by atoms with E-state index in [1.165, 1.54) is 0 Å². The van der Waals surface area contributed by atoms with Gasteiger partial charge in [-0.1, -0.05) is 11.6 Å². The first-order valence-electron chi connectivity index (χ1n) is 4.11. The molecule has 0 aliphatic heterocycles. The van der Waals surface area contributed by atoms with Crippen LogP contribution in [0.3, 0.4) is 0 Å². The summed E-state index contributed by atoms with van der Waals surface area (Å²) in [5.41, 5.74) is 6.33. The molecule has 14 heavy (non-hydrogen) atoms. The molecular weight excluding hydrogens is 200 g/mol. The lowest BCUT2D eigenvalue weighted by atomic mass is 10.2. The topological polar surface area (TPSA) is 63.8 Å². The number of nitrogens with two attached hydrogens (primary N) is 1. The van der Waals surface area contributed by atoms with Gasteiger partial charge in [0.15, 0.2) is 0 Å². The Kier molecular flexibility index (Phi) is 2.13. The Balaban J connectivity index is 2.81. The second-order valence-electron chi connectivity index (χ2n) is 2.84. The van der Waals surface area contributed by atoms with E-state index in [1.807, 2.05) is 12.1 Å². The molecule has 1 aromatic carbocycles. The Morgan fingerprint density at radius 1 is 1.36 bits per heavy atom. The molecule has 0 amide bonds. The molecule has 2 aromatic rings. The number of nitrogen functional groups attached to an aromatic ring is 1. The molecule has 0 unspecified atom stereocenters. The normalized spacial score (nSPS) is 10.4. The molecule has 3 N–H and O–H groups in total. The first-order chi connectivity index (χ1) is 6.70. The van der Waals surface area contributed by atoms with Crippen LogP contribution in [0.1, 0.15) is 0 Å². The third-order valence-corrected chi connectivity index (χ3v) is 2.15. The molecule has 72 valence electrons. The second kappa shape index (κ2) is 3.31. The maximum atomic E-state index is 5.87. The zero-order chi connectivity index (χ0) is 10.1. The highest BCUT2D eigenvalue weighted by Gasteiger charge is 2.04. The summed E-state index contributed by atoms with van der Waals surface area (Å²) >= 11 is 5.87. The molecule has 0 saturated heterocycles. The first-order valence-corrected chi connectivity index (χ1v) is 4.49. The summed E-state index contributed by atoms with van der Waals surface area (Å²) in [6, 6.07) is 5.40. The minimum Gasteiger partial charge on any atom is -0.372 e. The fourth-order valence-corrected chi connectivity index (χ4v) is 1.48. The number of nitrogens with zero attached hydrogens (tertiary/aromatic N) is 2. The second-order valence-corrected chi connectivity index (χ2v) is 3.28. The van der Waals surface area contributed by atoms with E-state index >= 15 is 0 Å². The number of aromatic nitrogens is 2. The Morgan fingerprint density at radius 2 is 2.14 bits per heavy atom. The van der Waals surface area contributed by atoms with Crippen molar-refractivity contribution < 1.29 is 0 Å². The molecule has 0 bridgehead atoms. The predicted octanol–water partition coefficient (Wildman–Crippen LogP) is 1.91. The number of rotatable bonds is 1. The lowest BCUT2D eigenvalue weighted by Crippen LogP contribution is -2.00. The van der Waals surface area contributed by atoms with E-state index in [-0.39, 0.29) is 5.95 Å². The van der Waals surface area contributed by atoms with E-state index in [0.29, 0.717) is 10.8 Å². The monoisotopic (exact) mass is 208 g/mol. The van der Waals surface area contributed by atoms with E-state index in [1.54, 1.807) is 13.1 Å². The summed E-state index contributed by atoms with van der Waals surface area (Å²) in [7, 11) is 1.78. The molecule has 1 aromatic heterocycles. The third kappa shape index (κ3) is 1.44. The Morgan fingerprint density at radius 3 is 2.86 bits per heavy atom. The van der Waals surface area contributed by atoms with E-state index in [2.05, 4.69) is 15.3 Å². The maximum Gasteiger partial charge on any atom is 0.222 e. The number of halogens is 1. The summed E-state index contributed by atoms with van der Waals surface area (Å²) in [5.74, 6) is 0.944. The van der Waals surface area contributed by atoms with E-state index in [0.717, 1.165) is 10.9 Å². The van der Waals surface area contributed by atoms with Gasteiger partial charge in [-0.3, -0.25) is 0 Å². The van der Waals surface area contributed by atoms with Crippen LogP contribution in [-0.4, -0.2) is 17.0 Å². The molecule has 4 nitrogen and oxygen atoms in total. The smallest absolute Gasteiger partial charge is 0.222 e. The summed E-state index contributed by atoms with van der Waals surface area (Å²) in [6.07, 6.45) is 0. The van der Waals surface area contributed by atoms with Crippen LogP contribution >= 0.6 is 11.6 Å². The Bertz CT molecular complexity index is 483. The maximum absolute atomic E-state index is 5.87. The predicted molar refractivity (Wildman–Crippen MR) is 58.5 cm³/mol. The van der Waals surface area contributed by atoms with Crippen LogP contribution < -0.4 is 11.1 Å². The van der Waals surface area contributed by atoms with Gasteiger partial charge >= 0.3 is 0 Å². The van der Waals surface area contributed by atoms with Crippen LogP contribution in [0, 0.1) is 0 Å². The molecule has 0 saturated carbocycles. The highest BCUT2D eigenvalue weighted by molar-refractivity contribution is 6.31. The quantitative estimate of drug-likeness (QED) is 0.752. The zero-order valence-electron chi connectivity index (χ0n) is 7.58. The summed E-state index contributed by atoms with van der Waals surface area (Å²) in [4.78, 5) is 8.15. The average molecular weight is 209 g/mol. The van der Waals surface area contributed by atoms with Crippen molar-refractivity contribution in [1.29, 1.82) is 0 Å². The van der Waals surface area contributed by atoms with Crippen molar-refractivity contribution in [3.05, 3.63) is 23.2 Å². The fraction of sp³-hybridized carbons (Fsp3) is 0.111. The van der Waals surface area contributed by atoms with Gasteiger partial charge in [0.2, 0.25) is 5.95 Å². The SMILES string of the molecule is CNc1nc(N)nc2ccc(Cl)cc12. The summed E-state index contributed by atoms with van der Waals surface area (Å²) in [6.45, 7) is 0. The largest absolute Gasteiger partial charge is 0.372 e. The molecule has 0 atom stereocenters. The molecule has 0 aliphatic carbocycles. The van der Waals surface area contributed by atoms with Crippen molar-refractivity contribution in [2.75, 3.05) is 18.1 Å². The molecule has 0 aliphatic rings. The lowest BCUT2D eigenvalue weighted by molar-refractivity contribution is 1.22. The average Bonchev–Trinajstić information content (AvgIpc) is 2.17. The molecule has 0 fully saturated rings. The number of hydrogen-bond acceptors (Lipinski definition) is 4. The van der Waals surface area contributed by atoms with Gasteiger partial charge in [0.1, 0.15) is 5.82 Å². The molecule has 1 heterocycles. The van der Waals surface area contributed by atoms with Gasteiger partial charge in [0.25, 0.3) is 0 Å². The molecule has 5 heteroatoms. The number of fused-ring (bicyclic) bond motifs is 1. The van der Waals surface area contributed by atoms with E-state index in [4.69, 9.17) is 17.3 Å². The standard InChI is InChI=1S/C9H9ClN4/c1-12-8-6-4-5(10)2-3-7(6)13-9(11)14-8/h2-4H,1H3,(H3,11,12,13,14). The highest BCUT2D eigenvalue weighted by Crippen LogP contribution is 2.23. The molecule has 0 spiro atoms. The van der Waals surface area contributed by atoms with Gasteiger partial charge in [-0.15, -0.1) is 0 Å². The highest BCUT2D eigenvalue weighted by atomic mass is 35.5. The molecular formula is C9H9ClN4. The fourth-order valence-electron chi connectivity index (χ4n) is 1.31. The third-order valence-electron chi connectivity index (χ3n) is 1.91. The van der Waals surface area contributed by atoms with Crippen molar-refractivity contribution in [2.24, 2.45) is 0 Å². The Labute approximate surface area is 86.1 Å². The number of anilines is 2. The van der Waals surface area contributed by atoms with Gasteiger partial charge in [0.05, 0.1) is 5.52 Å². The molecule has 2 rings (SSSR count). The van der Waals surface area contributed by atoms with Gasteiger partial charge in [0, 0.05) is 17.5 Å². The zero-order valence-corrected chi connectivity index (χ0v) is 8.34. The number of benzene rings is 1. The minimum absolute atomic E-state index is 0.254. The van der Waals surface area contributed by atoms with Crippen molar-refractivity contribution in [1.82, 2.24) is 9.97 Å².